The van der Waals surface area contributed by atoms with E-state index in [1.165, 1.54) is 0 Å². The minimum atomic E-state index is -0.140. The number of halogens is 1. The van der Waals surface area contributed by atoms with Crippen molar-refractivity contribution in [1.29, 1.82) is 0 Å². The minimum Gasteiger partial charge on any atom is -0.454 e. The number of amides is 1. The lowest BCUT2D eigenvalue weighted by Crippen LogP contribution is -2.41. The van der Waals surface area contributed by atoms with Crippen LogP contribution in [0.25, 0.3) is 0 Å². The van der Waals surface area contributed by atoms with Crippen LogP contribution in [0.1, 0.15) is 12.8 Å². The van der Waals surface area contributed by atoms with Crippen molar-refractivity contribution in [3.8, 4) is 11.5 Å². The van der Waals surface area contributed by atoms with Gasteiger partial charge in [-0.2, -0.15) is 0 Å². The molecule has 0 saturated carbocycles. The van der Waals surface area contributed by atoms with Crippen LogP contribution in [0.2, 0.25) is 5.02 Å². The molecule has 29 heavy (non-hydrogen) atoms. The predicted molar refractivity (Wildman–Crippen MR) is 114 cm³/mol. The van der Waals surface area contributed by atoms with Gasteiger partial charge in [-0.25, -0.2) is 4.98 Å². The summed E-state index contributed by atoms with van der Waals surface area (Å²) in [4.78, 5) is 23.5. The maximum Gasteiger partial charge on any atom is 0.229 e. The average Bonchev–Trinajstić information content (AvgIpc) is 2.77. The van der Waals surface area contributed by atoms with Crippen molar-refractivity contribution in [3.05, 3.63) is 72.1 Å². The molecule has 0 bridgehead atoms. The highest BCUT2D eigenvalue weighted by Crippen LogP contribution is 2.34. The summed E-state index contributed by atoms with van der Waals surface area (Å²) < 4.78 is 5.94. The van der Waals surface area contributed by atoms with Gasteiger partial charge in [0.1, 0.15) is 11.6 Å². The molecule has 1 N–H and O–H groups in total. The molecule has 0 aliphatic carbocycles. The number of rotatable bonds is 5. The largest absolute Gasteiger partial charge is 0.454 e. The number of carbonyl (C=O) groups excluding carboxylic acids is 1. The predicted octanol–water partition coefficient (Wildman–Crippen LogP) is 4.78. The lowest BCUT2D eigenvalue weighted by atomic mass is 9.97. The fourth-order valence-corrected chi connectivity index (χ4v) is 3.57. The van der Waals surface area contributed by atoms with Crippen molar-refractivity contribution in [2.45, 2.75) is 12.8 Å². The van der Waals surface area contributed by atoms with E-state index in [4.69, 9.17) is 16.3 Å². The second kappa shape index (κ2) is 8.92. The molecule has 6 nitrogen and oxygen atoms in total. The third-order valence-corrected chi connectivity index (χ3v) is 5.18. The molecule has 1 aliphatic rings. The van der Waals surface area contributed by atoms with E-state index in [1.807, 2.05) is 36.4 Å². The van der Waals surface area contributed by atoms with Crippen LogP contribution in [0.5, 0.6) is 11.5 Å². The van der Waals surface area contributed by atoms with E-state index in [0.29, 0.717) is 28.8 Å². The van der Waals surface area contributed by atoms with Gasteiger partial charge in [-0.05, 0) is 37.1 Å². The Morgan fingerprint density at radius 3 is 2.69 bits per heavy atom. The number of nitrogens with one attached hydrogen (secondary N) is 1. The molecule has 2 heterocycles. The first kappa shape index (κ1) is 19.2. The summed E-state index contributed by atoms with van der Waals surface area (Å²) in [5, 5.41) is 3.54. The molecule has 1 aliphatic heterocycles. The number of nitrogens with zero attached hydrogens (tertiary/aromatic N) is 3. The van der Waals surface area contributed by atoms with Gasteiger partial charge in [-0.3, -0.25) is 9.78 Å². The molecule has 7 heteroatoms. The Morgan fingerprint density at radius 1 is 1.10 bits per heavy atom. The Hall–Kier alpha value is -3.12. The highest BCUT2D eigenvalue weighted by Gasteiger charge is 2.27. The molecule has 4 rings (SSSR count). The molecule has 2 aromatic carbocycles. The molecular weight excluding hydrogens is 388 g/mol. The van der Waals surface area contributed by atoms with Crippen molar-refractivity contribution in [2.75, 3.05) is 23.3 Å². The average molecular weight is 409 g/mol. The number of hydrogen-bond acceptors (Lipinski definition) is 5. The topological polar surface area (TPSA) is 67.3 Å². The van der Waals surface area contributed by atoms with E-state index in [0.717, 1.165) is 25.2 Å². The molecule has 0 spiro atoms. The highest BCUT2D eigenvalue weighted by molar-refractivity contribution is 6.32. The molecule has 1 amide bonds. The summed E-state index contributed by atoms with van der Waals surface area (Å²) in [5.74, 6) is 1.72. The van der Waals surface area contributed by atoms with Crippen molar-refractivity contribution in [2.24, 2.45) is 5.92 Å². The van der Waals surface area contributed by atoms with Crippen LogP contribution in [0.4, 0.5) is 11.5 Å². The number of para-hydroxylation sites is 3. The zero-order valence-electron chi connectivity index (χ0n) is 15.8. The molecule has 1 saturated heterocycles. The first-order chi connectivity index (χ1) is 14.2. The van der Waals surface area contributed by atoms with Gasteiger partial charge in [-0.15, -0.1) is 0 Å². The Kier molecular flexibility index (Phi) is 5.91. The van der Waals surface area contributed by atoms with E-state index in [-0.39, 0.29) is 11.8 Å². The van der Waals surface area contributed by atoms with Crippen LogP contribution in [0.3, 0.4) is 0 Å². The molecule has 3 aromatic rings. The van der Waals surface area contributed by atoms with E-state index in [1.54, 1.807) is 30.7 Å². The Morgan fingerprint density at radius 2 is 1.90 bits per heavy atom. The summed E-state index contributed by atoms with van der Waals surface area (Å²) in [6, 6.07) is 14.6. The normalized spacial score (nSPS) is 16.3. The number of benzene rings is 2. The maximum absolute atomic E-state index is 13.0. The van der Waals surface area contributed by atoms with Crippen molar-refractivity contribution < 1.29 is 9.53 Å². The van der Waals surface area contributed by atoms with Crippen LogP contribution >= 0.6 is 11.6 Å². The summed E-state index contributed by atoms with van der Waals surface area (Å²) in [6.45, 7) is 1.48. The van der Waals surface area contributed by atoms with Crippen LogP contribution in [-0.2, 0) is 4.79 Å². The second-order valence-electron chi connectivity index (χ2n) is 6.87. The zero-order valence-corrected chi connectivity index (χ0v) is 16.5. The van der Waals surface area contributed by atoms with Gasteiger partial charge in [0, 0.05) is 25.5 Å². The number of aromatic nitrogens is 2. The number of ether oxygens (including phenoxy) is 1. The van der Waals surface area contributed by atoms with Gasteiger partial charge in [0.05, 0.1) is 22.8 Å². The number of anilines is 2. The first-order valence-electron chi connectivity index (χ1n) is 9.54. The summed E-state index contributed by atoms with van der Waals surface area (Å²) in [6.07, 6.45) is 6.80. The lowest BCUT2D eigenvalue weighted by Gasteiger charge is -2.32. The van der Waals surface area contributed by atoms with Gasteiger partial charge < -0.3 is 15.0 Å². The molecule has 148 valence electrons. The number of carbonyl (C=O) groups is 1. The van der Waals surface area contributed by atoms with Gasteiger partial charge in [0.25, 0.3) is 0 Å². The first-order valence-corrected chi connectivity index (χ1v) is 9.92. The van der Waals surface area contributed by atoms with Crippen LogP contribution < -0.4 is 15.0 Å². The summed E-state index contributed by atoms with van der Waals surface area (Å²) in [5.41, 5.74) is 0.619. The van der Waals surface area contributed by atoms with Crippen molar-refractivity contribution >= 4 is 29.0 Å². The van der Waals surface area contributed by atoms with E-state index in [2.05, 4.69) is 20.2 Å². The third kappa shape index (κ3) is 4.66. The van der Waals surface area contributed by atoms with Gasteiger partial charge >= 0.3 is 0 Å². The molecule has 1 atom stereocenters. The Bertz CT molecular complexity index is 983. The van der Waals surface area contributed by atoms with Gasteiger partial charge in [-0.1, -0.05) is 35.9 Å². The highest BCUT2D eigenvalue weighted by atomic mass is 35.5. The van der Waals surface area contributed by atoms with Crippen molar-refractivity contribution in [1.82, 2.24) is 9.97 Å². The van der Waals surface area contributed by atoms with Gasteiger partial charge in [0.2, 0.25) is 5.91 Å². The lowest BCUT2D eigenvalue weighted by molar-refractivity contribution is -0.120. The zero-order chi connectivity index (χ0) is 20.1. The number of hydrogen-bond donors (Lipinski definition) is 1. The molecule has 1 aromatic heterocycles. The minimum absolute atomic E-state index is 0.0335. The standard InChI is InChI=1S/C22H21ClN4O2/c23-17-7-1-3-9-19(17)29-20-10-4-2-8-18(20)26-22(28)16-6-5-13-27(15-16)21-14-24-11-12-25-21/h1-4,7-12,14,16H,5-6,13,15H2,(H,26,28)/t16-/m0/s1. The molecule has 0 unspecified atom stereocenters. The Labute approximate surface area is 174 Å². The van der Waals surface area contributed by atoms with Crippen LogP contribution in [-0.4, -0.2) is 29.0 Å². The maximum atomic E-state index is 13.0. The van der Waals surface area contributed by atoms with Crippen LogP contribution in [0.15, 0.2) is 67.1 Å². The molecular formula is C22H21ClN4O2. The van der Waals surface area contributed by atoms with E-state index in [9.17, 15) is 4.79 Å². The quantitative estimate of drug-likeness (QED) is 0.658. The third-order valence-electron chi connectivity index (χ3n) is 4.87. The van der Waals surface area contributed by atoms with Crippen LogP contribution in [0, 0.1) is 5.92 Å². The smallest absolute Gasteiger partial charge is 0.229 e. The fourth-order valence-electron chi connectivity index (χ4n) is 3.39. The van der Waals surface area contributed by atoms with E-state index < -0.39 is 0 Å². The SMILES string of the molecule is O=C(Nc1ccccc1Oc1ccccc1Cl)[C@H]1CCCN(c2cnccn2)C1. The second-order valence-corrected chi connectivity index (χ2v) is 7.27. The van der Waals surface area contributed by atoms with E-state index >= 15 is 0 Å². The molecule has 0 radical (unpaired) electrons. The van der Waals surface area contributed by atoms with Crippen molar-refractivity contribution in [3.63, 3.8) is 0 Å². The number of piperidine rings is 1. The Balaban J connectivity index is 1.46. The van der Waals surface area contributed by atoms with Gasteiger partial charge in [0.15, 0.2) is 5.75 Å². The summed E-state index contributed by atoms with van der Waals surface area (Å²) >= 11 is 6.20. The molecule has 1 fully saturated rings. The summed E-state index contributed by atoms with van der Waals surface area (Å²) in [7, 11) is 0. The monoisotopic (exact) mass is 408 g/mol. The fraction of sp³-hybridized carbons (Fsp3) is 0.227.